The van der Waals surface area contributed by atoms with E-state index in [4.69, 9.17) is 11.6 Å². The zero-order valence-electron chi connectivity index (χ0n) is 11.5. The van der Waals surface area contributed by atoms with Crippen molar-refractivity contribution in [2.45, 2.75) is 17.6 Å². The number of carbonyl (C=O) groups is 1. The molecule has 0 fully saturated rings. The van der Waals surface area contributed by atoms with E-state index in [0.29, 0.717) is 22.6 Å². The highest BCUT2D eigenvalue weighted by molar-refractivity contribution is 7.98. The van der Waals surface area contributed by atoms with E-state index in [1.54, 1.807) is 0 Å². The molecule has 0 aromatic heterocycles. The molecule has 0 aliphatic rings. The average molecular weight is 305 g/mol. The SMILES string of the molecule is Cc1cc(N)ccc1SCc1cc(C(=O)NN)ccc1F. The normalized spacial score (nSPS) is 10.4. The zero-order chi connectivity index (χ0) is 15.4. The Hall–Kier alpha value is -2.05. The van der Waals surface area contributed by atoms with Crippen LogP contribution in [0.15, 0.2) is 41.3 Å². The van der Waals surface area contributed by atoms with Gasteiger partial charge in [0.1, 0.15) is 5.82 Å². The van der Waals surface area contributed by atoms with Gasteiger partial charge in [0.15, 0.2) is 0 Å². The lowest BCUT2D eigenvalue weighted by molar-refractivity contribution is 0.0953. The van der Waals surface area contributed by atoms with Crippen molar-refractivity contribution in [2.24, 2.45) is 5.84 Å². The summed E-state index contributed by atoms with van der Waals surface area (Å²) in [5.41, 5.74) is 10.3. The number of nitrogens with two attached hydrogens (primary N) is 2. The quantitative estimate of drug-likeness (QED) is 0.267. The number of hydrazine groups is 1. The summed E-state index contributed by atoms with van der Waals surface area (Å²) in [6, 6.07) is 9.78. The van der Waals surface area contributed by atoms with E-state index in [9.17, 15) is 9.18 Å². The molecule has 0 bridgehead atoms. The third-order valence-electron chi connectivity index (χ3n) is 3.02. The molecule has 0 heterocycles. The molecule has 0 unspecified atom stereocenters. The van der Waals surface area contributed by atoms with Crippen molar-refractivity contribution in [1.82, 2.24) is 5.43 Å². The maximum Gasteiger partial charge on any atom is 0.265 e. The molecular weight excluding hydrogens is 289 g/mol. The molecule has 4 nitrogen and oxygen atoms in total. The minimum Gasteiger partial charge on any atom is -0.399 e. The average Bonchev–Trinajstić information content (AvgIpc) is 2.47. The molecule has 0 aliphatic heterocycles. The van der Waals surface area contributed by atoms with Gasteiger partial charge in [0, 0.05) is 21.9 Å². The first-order valence-corrected chi connectivity index (χ1v) is 7.28. The second-order valence-electron chi connectivity index (χ2n) is 4.59. The fourth-order valence-corrected chi connectivity index (χ4v) is 2.88. The summed E-state index contributed by atoms with van der Waals surface area (Å²) >= 11 is 1.49. The minimum atomic E-state index is -0.440. The smallest absolute Gasteiger partial charge is 0.265 e. The topological polar surface area (TPSA) is 81.1 Å². The number of benzene rings is 2. The summed E-state index contributed by atoms with van der Waals surface area (Å²) in [6.45, 7) is 1.95. The van der Waals surface area contributed by atoms with Crippen molar-refractivity contribution < 1.29 is 9.18 Å². The number of amides is 1. The van der Waals surface area contributed by atoms with Gasteiger partial charge in [-0.2, -0.15) is 0 Å². The summed E-state index contributed by atoms with van der Waals surface area (Å²) < 4.78 is 13.8. The Morgan fingerprint density at radius 2 is 2.05 bits per heavy atom. The predicted molar refractivity (Wildman–Crippen MR) is 83.2 cm³/mol. The van der Waals surface area contributed by atoms with Crippen LogP contribution in [0.3, 0.4) is 0 Å². The Labute approximate surface area is 126 Å². The van der Waals surface area contributed by atoms with E-state index in [2.05, 4.69) is 0 Å². The Bertz CT molecular complexity index is 676. The minimum absolute atomic E-state index is 0.337. The highest BCUT2D eigenvalue weighted by Gasteiger charge is 2.10. The van der Waals surface area contributed by atoms with Gasteiger partial charge in [-0.3, -0.25) is 10.2 Å². The van der Waals surface area contributed by atoms with E-state index in [-0.39, 0.29) is 5.82 Å². The van der Waals surface area contributed by atoms with Gasteiger partial charge in [-0.1, -0.05) is 0 Å². The lowest BCUT2D eigenvalue weighted by atomic mass is 10.1. The van der Waals surface area contributed by atoms with Crippen LogP contribution >= 0.6 is 11.8 Å². The highest BCUT2D eigenvalue weighted by Crippen LogP contribution is 2.28. The number of thioether (sulfide) groups is 1. The van der Waals surface area contributed by atoms with Gasteiger partial charge >= 0.3 is 0 Å². The van der Waals surface area contributed by atoms with Crippen LogP contribution < -0.4 is 17.0 Å². The monoisotopic (exact) mass is 305 g/mol. The lowest BCUT2D eigenvalue weighted by Gasteiger charge is -2.08. The molecule has 6 heteroatoms. The van der Waals surface area contributed by atoms with Crippen molar-refractivity contribution in [3.8, 4) is 0 Å². The van der Waals surface area contributed by atoms with Gasteiger partial charge in [-0.05, 0) is 54.4 Å². The van der Waals surface area contributed by atoms with Crippen molar-refractivity contribution in [3.63, 3.8) is 0 Å². The molecule has 0 spiro atoms. The second kappa shape index (κ2) is 6.60. The first-order chi connectivity index (χ1) is 10.0. The largest absolute Gasteiger partial charge is 0.399 e. The van der Waals surface area contributed by atoms with Crippen molar-refractivity contribution in [3.05, 3.63) is 58.9 Å². The van der Waals surface area contributed by atoms with Crippen LogP contribution in [0, 0.1) is 12.7 Å². The molecule has 0 atom stereocenters. The fraction of sp³-hybridized carbons (Fsp3) is 0.133. The van der Waals surface area contributed by atoms with E-state index >= 15 is 0 Å². The van der Waals surface area contributed by atoms with Crippen LogP contribution in [0.5, 0.6) is 0 Å². The van der Waals surface area contributed by atoms with Crippen LogP contribution in [-0.4, -0.2) is 5.91 Å². The number of nitrogen functional groups attached to an aromatic ring is 2. The van der Waals surface area contributed by atoms with Gasteiger partial charge in [-0.15, -0.1) is 11.8 Å². The lowest BCUT2D eigenvalue weighted by Crippen LogP contribution is -2.30. The number of anilines is 1. The zero-order valence-corrected chi connectivity index (χ0v) is 12.3. The second-order valence-corrected chi connectivity index (χ2v) is 5.61. The molecule has 0 saturated carbocycles. The Morgan fingerprint density at radius 1 is 1.29 bits per heavy atom. The maximum absolute atomic E-state index is 13.8. The van der Waals surface area contributed by atoms with Crippen LogP contribution in [0.4, 0.5) is 10.1 Å². The van der Waals surface area contributed by atoms with Gasteiger partial charge < -0.3 is 5.73 Å². The molecule has 2 aromatic rings. The molecule has 2 rings (SSSR count). The fourth-order valence-electron chi connectivity index (χ4n) is 1.90. The molecule has 1 amide bonds. The summed E-state index contributed by atoms with van der Waals surface area (Å²) in [6.07, 6.45) is 0. The number of hydrogen-bond acceptors (Lipinski definition) is 4. The Kier molecular flexibility index (Phi) is 4.82. The van der Waals surface area contributed by atoms with E-state index < -0.39 is 5.91 Å². The van der Waals surface area contributed by atoms with Gasteiger partial charge in [0.25, 0.3) is 5.91 Å². The van der Waals surface area contributed by atoms with E-state index in [1.165, 1.54) is 30.0 Å². The number of carbonyl (C=O) groups excluding carboxylic acids is 1. The van der Waals surface area contributed by atoms with Crippen LogP contribution in [-0.2, 0) is 5.75 Å². The summed E-state index contributed by atoms with van der Waals surface area (Å²) in [5, 5.41) is 0. The Morgan fingerprint density at radius 3 is 2.71 bits per heavy atom. The van der Waals surface area contributed by atoms with Crippen molar-refractivity contribution in [2.75, 3.05) is 5.73 Å². The summed E-state index contributed by atoms with van der Waals surface area (Å²) in [4.78, 5) is 12.5. The third kappa shape index (κ3) is 3.74. The molecule has 21 heavy (non-hydrogen) atoms. The summed E-state index contributed by atoms with van der Waals surface area (Å²) in [7, 11) is 0. The van der Waals surface area contributed by atoms with Crippen LogP contribution in [0.1, 0.15) is 21.5 Å². The van der Waals surface area contributed by atoms with Gasteiger partial charge in [0.05, 0.1) is 0 Å². The van der Waals surface area contributed by atoms with Crippen LogP contribution in [0.25, 0.3) is 0 Å². The molecule has 110 valence electrons. The number of nitrogens with one attached hydrogen (secondary N) is 1. The van der Waals surface area contributed by atoms with Crippen molar-refractivity contribution in [1.29, 1.82) is 0 Å². The molecule has 0 radical (unpaired) electrons. The van der Waals surface area contributed by atoms with Crippen molar-refractivity contribution >= 4 is 23.4 Å². The number of hydrogen-bond donors (Lipinski definition) is 3. The Balaban J connectivity index is 2.17. The highest BCUT2D eigenvalue weighted by atomic mass is 32.2. The molecule has 2 aromatic carbocycles. The predicted octanol–water partition coefficient (Wildman–Crippen LogP) is 2.61. The number of rotatable bonds is 4. The standard InChI is InChI=1S/C15H16FN3OS/c1-9-6-12(17)3-5-14(9)21-8-11-7-10(15(20)19-18)2-4-13(11)16/h2-7H,8,17-18H2,1H3,(H,19,20). The summed E-state index contributed by atoms with van der Waals surface area (Å²) in [5.74, 6) is 4.72. The van der Waals surface area contributed by atoms with Crippen LogP contribution in [0.2, 0.25) is 0 Å². The van der Waals surface area contributed by atoms with E-state index in [1.807, 2.05) is 30.5 Å². The maximum atomic E-state index is 13.8. The number of halogens is 1. The van der Waals surface area contributed by atoms with E-state index in [0.717, 1.165) is 10.5 Å². The third-order valence-corrected chi connectivity index (χ3v) is 4.25. The first kappa shape index (κ1) is 15.3. The molecular formula is C15H16FN3OS. The van der Waals surface area contributed by atoms with Gasteiger partial charge in [-0.25, -0.2) is 10.2 Å². The first-order valence-electron chi connectivity index (χ1n) is 6.29. The molecule has 0 aliphatic carbocycles. The number of aryl methyl sites for hydroxylation is 1. The molecule has 5 N–H and O–H groups in total. The van der Waals surface area contributed by atoms with Gasteiger partial charge in [0.2, 0.25) is 0 Å². The molecule has 0 saturated heterocycles.